The molecule has 0 unspecified atom stereocenters. The zero-order chi connectivity index (χ0) is 29.9. The van der Waals surface area contributed by atoms with Crippen LogP contribution in [0.4, 0.5) is 0 Å². The summed E-state index contributed by atoms with van der Waals surface area (Å²) in [6.45, 7) is 10.2. The van der Waals surface area contributed by atoms with Gasteiger partial charge in [0, 0.05) is 39.3 Å². The van der Waals surface area contributed by atoms with E-state index in [0.717, 1.165) is 6.42 Å². The molecule has 5 rings (SSSR count). The molecule has 4 heterocycles. The average molecular weight is 603 g/mol. The van der Waals surface area contributed by atoms with E-state index in [-0.39, 0.29) is 23.1 Å². The third-order valence-corrected chi connectivity index (χ3v) is 9.02. The maximum atomic E-state index is 13.8. The molecular formula is C27H38N8O6S. The lowest BCUT2D eigenvalue weighted by molar-refractivity contribution is 0.0661. The lowest BCUT2D eigenvalue weighted by Crippen LogP contribution is -2.49. The monoisotopic (exact) mass is 602 g/mol. The summed E-state index contributed by atoms with van der Waals surface area (Å²) in [4.78, 5) is 23.6. The highest BCUT2D eigenvalue weighted by atomic mass is 32.2. The first-order valence-corrected chi connectivity index (χ1v) is 15.7. The SMILES string of the molecule is CCCOc1ccc(S(=O)(=O)N2CCN(CCOCCO)CC2)cc1-c1nc2c([nH]1)c1nncn1c(=O)n2CC(C)C. The van der Waals surface area contributed by atoms with Crippen molar-refractivity contribution in [1.29, 1.82) is 0 Å². The van der Waals surface area contributed by atoms with Gasteiger partial charge in [-0.2, -0.15) is 4.31 Å². The van der Waals surface area contributed by atoms with E-state index >= 15 is 0 Å². The van der Waals surface area contributed by atoms with Gasteiger partial charge in [-0.25, -0.2) is 22.6 Å². The Hall–Kier alpha value is -3.37. The minimum atomic E-state index is -3.81. The molecule has 14 nitrogen and oxygen atoms in total. The Morgan fingerprint density at radius 2 is 1.88 bits per heavy atom. The van der Waals surface area contributed by atoms with Crippen molar-refractivity contribution in [2.24, 2.45) is 5.92 Å². The lowest BCUT2D eigenvalue weighted by Gasteiger charge is -2.33. The van der Waals surface area contributed by atoms with Crippen molar-refractivity contribution in [3.8, 4) is 17.1 Å². The second-order valence-corrected chi connectivity index (χ2v) is 12.6. The van der Waals surface area contributed by atoms with Gasteiger partial charge < -0.3 is 19.6 Å². The lowest BCUT2D eigenvalue weighted by atomic mass is 10.2. The third-order valence-electron chi connectivity index (χ3n) is 7.12. The Labute approximate surface area is 243 Å². The van der Waals surface area contributed by atoms with Crippen LogP contribution in [-0.2, 0) is 21.3 Å². The highest BCUT2D eigenvalue weighted by Gasteiger charge is 2.30. The van der Waals surface area contributed by atoms with Crippen LogP contribution in [0.2, 0.25) is 0 Å². The topological polar surface area (TPSA) is 160 Å². The molecule has 0 amide bonds. The number of aliphatic hydroxyl groups is 1. The number of aliphatic hydroxyl groups excluding tert-OH is 1. The molecule has 0 atom stereocenters. The summed E-state index contributed by atoms with van der Waals surface area (Å²) in [7, 11) is -3.81. The number of rotatable bonds is 13. The predicted molar refractivity (Wildman–Crippen MR) is 156 cm³/mol. The third kappa shape index (κ3) is 6.06. The fraction of sp³-hybridized carbons (Fsp3) is 0.556. The molecule has 1 aromatic carbocycles. The molecule has 0 spiro atoms. The smallest absolute Gasteiger partial charge is 0.336 e. The van der Waals surface area contributed by atoms with E-state index in [2.05, 4.69) is 20.1 Å². The van der Waals surface area contributed by atoms with E-state index in [1.54, 1.807) is 22.8 Å². The average Bonchev–Trinajstić information content (AvgIpc) is 3.65. The molecule has 228 valence electrons. The molecule has 3 aromatic heterocycles. The van der Waals surface area contributed by atoms with Crippen molar-refractivity contribution in [2.75, 3.05) is 59.2 Å². The van der Waals surface area contributed by atoms with Gasteiger partial charge >= 0.3 is 5.69 Å². The zero-order valence-corrected chi connectivity index (χ0v) is 25.0. The number of imidazole rings is 1. The number of aromatic nitrogens is 6. The number of sulfonamides is 1. The van der Waals surface area contributed by atoms with E-state index in [1.807, 2.05) is 20.8 Å². The molecule has 1 fully saturated rings. The van der Waals surface area contributed by atoms with E-state index in [4.69, 9.17) is 19.6 Å². The minimum absolute atomic E-state index is 0.0210. The number of fused-ring (bicyclic) bond motifs is 3. The maximum Gasteiger partial charge on any atom is 0.336 e. The molecule has 1 aliphatic rings. The van der Waals surface area contributed by atoms with Crippen molar-refractivity contribution in [1.82, 2.24) is 38.3 Å². The zero-order valence-electron chi connectivity index (χ0n) is 24.2. The van der Waals surface area contributed by atoms with E-state index in [1.165, 1.54) is 15.0 Å². The summed E-state index contributed by atoms with van der Waals surface area (Å²) in [5, 5.41) is 16.9. The van der Waals surface area contributed by atoms with Crippen molar-refractivity contribution >= 4 is 26.8 Å². The van der Waals surface area contributed by atoms with Crippen LogP contribution in [0.25, 0.3) is 28.2 Å². The van der Waals surface area contributed by atoms with E-state index in [9.17, 15) is 13.2 Å². The number of H-pyrrole nitrogens is 1. The number of hydrogen-bond acceptors (Lipinski definition) is 10. The first-order valence-electron chi connectivity index (χ1n) is 14.2. The first kappa shape index (κ1) is 30.1. The molecule has 1 saturated heterocycles. The molecule has 1 aliphatic heterocycles. The number of piperazine rings is 1. The number of aromatic amines is 1. The summed E-state index contributed by atoms with van der Waals surface area (Å²) >= 11 is 0. The Kier molecular flexibility index (Phi) is 9.22. The number of ether oxygens (including phenoxy) is 2. The molecule has 4 aromatic rings. The van der Waals surface area contributed by atoms with Crippen LogP contribution >= 0.6 is 0 Å². The van der Waals surface area contributed by atoms with Crippen molar-refractivity contribution in [3.63, 3.8) is 0 Å². The van der Waals surface area contributed by atoms with Gasteiger partial charge in [-0.3, -0.25) is 9.47 Å². The largest absolute Gasteiger partial charge is 0.493 e. The molecule has 2 N–H and O–H groups in total. The highest BCUT2D eigenvalue weighted by Crippen LogP contribution is 2.33. The first-order chi connectivity index (χ1) is 20.2. The number of benzene rings is 1. The van der Waals surface area contributed by atoms with Crippen molar-refractivity contribution in [2.45, 2.75) is 38.6 Å². The van der Waals surface area contributed by atoms with Crippen LogP contribution in [0.5, 0.6) is 5.75 Å². The molecule has 0 saturated carbocycles. The predicted octanol–water partition coefficient (Wildman–Crippen LogP) is 1.19. The van der Waals surface area contributed by atoms with Gasteiger partial charge in [-0.1, -0.05) is 20.8 Å². The Balaban J connectivity index is 1.50. The van der Waals surface area contributed by atoms with Crippen LogP contribution in [0, 0.1) is 5.92 Å². The van der Waals surface area contributed by atoms with Gasteiger partial charge in [-0.15, -0.1) is 10.2 Å². The summed E-state index contributed by atoms with van der Waals surface area (Å²) in [5.41, 5.74) is 1.46. The fourth-order valence-corrected chi connectivity index (χ4v) is 6.48. The van der Waals surface area contributed by atoms with Crippen molar-refractivity contribution < 1.29 is 23.0 Å². The molecule has 42 heavy (non-hydrogen) atoms. The Morgan fingerprint density at radius 3 is 2.60 bits per heavy atom. The van der Waals surface area contributed by atoms with Gasteiger partial charge in [0.1, 0.15) is 23.4 Å². The summed E-state index contributed by atoms with van der Waals surface area (Å²) in [6, 6.07) is 4.81. The minimum Gasteiger partial charge on any atom is -0.493 e. The number of nitrogens with one attached hydrogen (secondary N) is 1. The van der Waals surface area contributed by atoms with Crippen LogP contribution in [0.15, 0.2) is 34.2 Å². The van der Waals surface area contributed by atoms with Gasteiger partial charge in [0.25, 0.3) is 0 Å². The Morgan fingerprint density at radius 1 is 1.10 bits per heavy atom. The normalized spacial score (nSPS) is 15.4. The van der Waals surface area contributed by atoms with Crippen LogP contribution < -0.4 is 10.4 Å². The summed E-state index contributed by atoms with van der Waals surface area (Å²) in [5.74, 6) is 1.03. The number of hydrogen-bond donors (Lipinski definition) is 2. The molecule has 0 aliphatic carbocycles. The van der Waals surface area contributed by atoms with Gasteiger partial charge in [-0.05, 0) is 30.5 Å². The van der Waals surface area contributed by atoms with Crippen molar-refractivity contribution in [3.05, 3.63) is 35.0 Å². The molecule has 0 bridgehead atoms. The summed E-state index contributed by atoms with van der Waals surface area (Å²) in [6.07, 6.45) is 2.14. The van der Waals surface area contributed by atoms with Gasteiger partial charge in [0.15, 0.2) is 11.3 Å². The fourth-order valence-electron chi connectivity index (χ4n) is 5.03. The standard InChI is InChI=1S/C27H38N8O6S/c1-4-13-41-22-6-5-20(42(38,39)33-9-7-32(8-10-33)11-14-40-15-12-36)16-21(22)24-29-23-25(30-24)34(17-19(2)3)27(37)35-18-28-31-26(23)35/h5-6,16,18-19,36H,4,7-15,17H2,1-3H3,(H,29,30). The molecule has 0 radical (unpaired) electrons. The summed E-state index contributed by atoms with van der Waals surface area (Å²) < 4.78 is 43.3. The van der Waals surface area contributed by atoms with Crippen LogP contribution in [-0.4, -0.2) is 111 Å². The van der Waals surface area contributed by atoms with E-state index < -0.39 is 10.0 Å². The van der Waals surface area contributed by atoms with Crippen LogP contribution in [0.1, 0.15) is 27.2 Å². The maximum absolute atomic E-state index is 13.8. The van der Waals surface area contributed by atoms with Crippen LogP contribution in [0.3, 0.4) is 0 Å². The van der Waals surface area contributed by atoms with Gasteiger partial charge in [0.2, 0.25) is 10.0 Å². The second kappa shape index (κ2) is 12.9. The van der Waals surface area contributed by atoms with Gasteiger partial charge in [0.05, 0.1) is 36.9 Å². The second-order valence-electron chi connectivity index (χ2n) is 10.7. The van der Waals surface area contributed by atoms with E-state index in [0.29, 0.717) is 93.0 Å². The highest BCUT2D eigenvalue weighted by molar-refractivity contribution is 7.89. The number of nitrogens with zero attached hydrogens (tertiary/aromatic N) is 7. The quantitative estimate of drug-likeness (QED) is 0.213. The molecule has 15 heteroatoms. The molecular weight excluding hydrogens is 564 g/mol. The Bertz CT molecular complexity index is 1690.